The molecule has 3 aromatic heterocycles. The van der Waals surface area contributed by atoms with Crippen LogP contribution in [0, 0.1) is 18.8 Å². The third-order valence-electron chi connectivity index (χ3n) is 6.01. The average Bonchev–Trinajstić information content (AvgIpc) is 3.38. The molecule has 0 radical (unpaired) electrons. The van der Waals surface area contributed by atoms with Gasteiger partial charge in [-0.2, -0.15) is 22.5 Å². The summed E-state index contributed by atoms with van der Waals surface area (Å²) in [6, 6.07) is 3.28. The molecule has 166 valence electrons. The van der Waals surface area contributed by atoms with Crippen LogP contribution in [0.25, 0.3) is 5.65 Å². The van der Waals surface area contributed by atoms with E-state index in [4.69, 9.17) is 4.74 Å². The molecule has 0 amide bonds. The molecule has 4 heterocycles. The number of alkyl halides is 3. The zero-order valence-corrected chi connectivity index (χ0v) is 17.8. The molecule has 1 N–H and O–H groups in total. The van der Waals surface area contributed by atoms with E-state index in [1.807, 2.05) is 6.92 Å². The molecule has 2 bridgehead atoms. The van der Waals surface area contributed by atoms with Crippen LogP contribution in [0.5, 0.6) is 5.75 Å². The van der Waals surface area contributed by atoms with Gasteiger partial charge in [0, 0.05) is 36.9 Å². The van der Waals surface area contributed by atoms with Crippen molar-refractivity contribution in [2.75, 3.05) is 23.3 Å². The lowest BCUT2D eigenvalue weighted by molar-refractivity contribution is -0.189. The number of nitrogens with one attached hydrogen (secondary N) is 1. The Labute approximate surface area is 180 Å². The van der Waals surface area contributed by atoms with Crippen molar-refractivity contribution in [2.45, 2.75) is 45.0 Å². The first-order chi connectivity index (χ1) is 14.8. The summed E-state index contributed by atoms with van der Waals surface area (Å²) >= 11 is 1.43. The van der Waals surface area contributed by atoms with Gasteiger partial charge in [0.25, 0.3) is 0 Å². The minimum absolute atomic E-state index is 0.0531. The molecule has 31 heavy (non-hydrogen) atoms. The van der Waals surface area contributed by atoms with Gasteiger partial charge in [-0.05, 0) is 50.7 Å². The topological polar surface area (TPSA) is 80.5 Å². The van der Waals surface area contributed by atoms with Gasteiger partial charge in [-0.25, -0.2) is 9.50 Å². The number of piperidine rings is 1. The van der Waals surface area contributed by atoms with Crippen LogP contribution in [-0.2, 0) is 0 Å². The molecule has 2 fully saturated rings. The number of anilines is 2. The van der Waals surface area contributed by atoms with Crippen molar-refractivity contribution in [1.82, 2.24) is 24.0 Å². The molecular formula is C19H22F3N7OS. The summed E-state index contributed by atoms with van der Waals surface area (Å²) in [5, 5.41) is 8.81. The molecule has 12 heteroatoms. The maximum Gasteiger partial charge on any atom is 0.425 e. The molecule has 0 spiro atoms. The maximum absolute atomic E-state index is 12.9. The van der Waals surface area contributed by atoms with Gasteiger partial charge in [-0.1, -0.05) is 0 Å². The molecule has 1 saturated carbocycles. The van der Waals surface area contributed by atoms with E-state index in [-0.39, 0.29) is 17.4 Å². The highest BCUT2D eigenvalue weighted by atomic mass is 32.1. The van der Waals surface area contributed by atoms with Crippen molar-refractivity contribution in [3.63, 3.8) is 0 Å². The van der Waals surface area contributed by atoms with Crippen molar-refractivity contribution in [3.05, 3.63) is 24.2 Å². The summed E-state index contributed by atoms with van der Waals surface area (Å²) in [7, 11) is 0. The predicted octanol–water partition coefficient (Wildman–Crippen LogP) is 3.55. The molecule has 3 aromatic rings. The summed E-state index contributed by atoms with van der Waals surface area (Å²) in [6.07, 6.45) is -2.54. The summed E-state index contributed by atoms with van der Waals surface area (Å²) < 4.78 is 49.6. The Morgan fingerprint density at radius 2 is 1.97 bits per heavy atom. The van der Waals surface area contributed by atoms with Gasteiger partial charge in [-0.15, -0.1) is 5.10 Å². The summed E-state index contributed by atoms with van der Waals surface area (Å²) in [5.74, 6) is 2.07. The Balaban J connectivity index is 1.33. The van der Waals surface area contributed by atoms with Crippen LogP contribution in [0.1, 0.15) is 25.6 Å². The Morgan fingerprint density at radius 3 is 2.61 bits per heavy atom. The Bertz CT molecular complexity index is 1070. The second-order valence-electron chi connectivity index (χ2n) is 8.17. The van der Waals surface area contributed by atoms with Crippen LogP contribution < -0.4 is 15.0 Å². The monoisotopic (exact) mass is 453 g/mol. The van der Waals surface area contributed by atoms with E-state index >= 15 is 0 Å². The number of fused-ring (bicyclic) bond motifs is 3. The van der Waals surface area contributed by atoms with Crippen LogP contribution in [0.3, 0.4) is 0 Å². The number of halogens is 3. The molecule has 8 nitrogen and oxygen atoms in total. The maximum atomic E-state index is 12.9. The largest absolute Gasteiger partial charge is 0.477 e. The Hall–Kier alpha value is -2.63. The van der Waals surface area contributed by atoms with Gasteiger partial charge < -0.3 is 15.0 Å². The zero-order chi connectivity index (χ0) is 21.8. The smallest absolute Gasteiger partial charge is 0.425 e. The number of rotatable bonds is 5. The van der Waals surface area contributed by atoms with Crippen LogP contribution in [0.2, 0.25) is 0 Å². The number of aryl methyl sites for hydroxylation is 1. The van der Waals surface area contributed by atoms with Crippen molar-refractivity contribution in [2.24, 2.45) is 11.8 Å². The van der Waals surface area contributed by atoms with Gasteiger partial charge in [-0.3, -0.25) is 0 Å². The Morgan fingerprint density at radius 1 is 1.23 bits per heavy atom. The predicted molar refractivity (Wildman–Crippen MR) is 110 cm³/mol. The summed E-state index contributed by atoms with van der Waals surface area (Å²) in [5.41, 5.74) is 0.259. The number of aromatic nitrogens is 5. The highest BCUT2D eigenvalue weighted by Gasteiger charge is 2.43. The van der Waals surface area contributed by atoms with E-state index in [0.717, 1.165) is 43.8 Å². The van der Waals surface area contributed by atoms with E-state index < -0.39 is 12.3 Å². The van der Waals surface area contributed by atoms with E-state index in [2.05, 4.69) is 29.7 Å². The minimum Gasteiger partial charge on any atom is -0.477 e. The first-order valence-corrected chi connectivity index (χ1v) is 11.0. The van der Waals surface area contributed by atoms with E-state index in [1.165, 1.54) is 22.1 Å². The number of ether oxygens (including phenoxy) is 1. The lowest BCUT2D eigenvalue weighted by Crippen LogP contribution is -2.48. The molecular weight excluding hydrogens is 431 g/mol. The average molecular weight is 453 g/mol. The fraction of sp³-hybridized carbons (Fsp3) is 0.579. The van der Waals surface area contributed by atoms with E-state index in [0.29, 0.717) is 17.8 Å². The van der Waals surface area contributed by atoms with E-state index in [1.54, 1.807) is 12.3 Å². The number of hydrogen-bond donors (Lipinski definition) is 1. The van der Waals surface area contributed by atoms with Gasteiger partial charge in [0.15, 0.2) is 17.5 Å². The molecule has 0 aromatic carbocycles. The SMILES string of the molecule is Cc1nsc(N2C[C@H]3CC[C@@H](C2)[C@@H]3Nc2nc3c(O[C@@H](C)C(F)(F)F)cccn3n2)n1. The highest BCUT2D eigenvalue weighted by molar-refractivity contribution is 7.09. The molecule has 2 aliphatic rings. The van der Waals surface area contributed by atoms with Crippen LogP contribution >= 0.6 is 11.5 Å². The second-order valence-corrected chi connectivity index (χ2v) is 8.90. The van der Waals surface area contributed by atoms with E-state index in [9.17, 15) is 13.2 Å². The normalized spacial score (nSPS) is 24.5. The second kappa shape index (κ2) is 7.50. The van der Waals surface area contributed by atoms with Crippen LogP contribution in [-0.4, -0.2) is 55.4 Å². The quantitative estimate of drug-likeness (QED) is 0.633. The minimum atomic E-state index is -4.45. The highest BCUT2D eigenvalue weighted by Crippen LogP contribution is 2.40. The molecule has 4 atom stereocenters. The van der Waals surface area contributed by atoms with Crippen LogP contribution in [0.4, 0.5) is 24.3 Å². The van der Waals surface area contributed by atoms with Crippen molar-refractivity contribution < 1.29 is 17.9 Å². The fourth-order valence-electron chi connectivity index (χ4n) is 4.47. The van der Waals surface area contributed by atoms with Crippen LogP contribution in [0.15, 0.2) is 18.3 Å². The summed E-state index contributed by atoms with van der Waals surface area (Å²) in [6.45, 7) is 4.64. The zero-order valence-electron chi connectivity index (χ0n) is 17.0. The molecule has 1 aliphatic carbocycles. The Kier molecular flexibility index (Phi) is 4.91. The molecule has 5 rings (SSSR count). The number of pyridine rings is 1. The molecule has 0 unspecified atom stereocenters. The van der Waals surface area contributed by atoms with Crippen molar-refractivity contribution >= 4 is 28.3 Å². The van der Waals surface area contributed by atoms with Crippen molar-refractivity contribution in [3.8, 4) is 5.75 Å². The number of nitrogens with zero attached hydrogens (tertiary/aromatic N) is 6. The summed E-state index contributed by atoms with van der Waals surface area (Å²) in [4.78, 5) is 11.2. The molecule has 1 aliphatic heterocycles. The third-order valence-corrected chi connectivity index (χ3v) is 6.88. The molecule has 1 saturated heterocycles. The first-order valence-electron chi connectivity index (χ1n) is 10.2. The lowest BCUT2D eigenvalue weighted by Gasteiger charge is -2.37. The third kappa shape index (κ3) is 3.88. The fourth-order valence-corrected chi connectivity index (χ4v) is 5.16. The standard InChI is InChI=1S/C19H22F3N7OS/c1-10(19(20,21)22)30-14-4-3-7-29-16(14)25-17(26-29)24-15-12-5-6-13(15)9-28(8-12)18-23-11(2)27-31-18/h3-4,7,10,12-13,15H,5-6,8-9H2,1-2H3,(H,24,26)/t10-,12-,13+,15-/m0/s1. The van der Waals surface area contributed by atoms with Gasteiger partial charge in [0.05, 0.1) is 0 Å². The van der Waals surface area contributed by atoms with Crippen molar-refractivity contribution in [1.29, 1.82) is 0 Å². The van der Waals surface area contributed by atoms with Gasteiger partial charge in [0.2, 0.25) is 11.1 Å². The van der Waals surface area contributed by atoms with Gasteiger partial charge in [0.1, 0.15) is 5.82 Å². The number of hydrogen-bond acceptors (Lipinski definition) is 8. The first kappa shape index (κ1) is 20.3. The lowest BCUT2D eigenvalue weighted by atomic mass is 9.92. The van der Waals surface area contributed by atoms with Gasteiger partial charge >= 0.3 is 6.18 Å².